The van der Waals surface area contributed by atoms with Crippen molar-refractivity contribution in [3.8, 4) is 5.75 Å². The number of hydrogen-bond donors (Lipinski definition) is 1. The Kier molecular flexibility index (Phi) is 2.70. The van der Waals surface area contributed by atoms with Crippen LogP contribution in [0, 0.1) is 0 Å². The zero-order chi connectivity index (χ0) is 9.84. The van der Waals surface area contributed by atoms with E-state index < -0.39 is 0 Å². The van der Waals surface area contributed by atoms with Crippen molar-refractivity contribution in [3.63, 3.8) is 0 Å². The van der Waals surface area contributed by atoms with Crippen molar-refractivity contribution >= 4 is 18.2 Å². The molecule has 0 atom stereocenters. The normalized spacial score (nSPS) is 9.23. The third-order valence-electron chi connectivity index (χ3n) is 1.93. The van der Waals surface area contributed by atoms with Crippen molar-refractivity contribution < 1.29 is 5.11 Å². The Morgan fingerprint density at radius 2 is 1.54 bits per heavy atom. The highest BCUT2D eigenvalue weighted by Gasteiger charge is 2.04. The number of benzene rings is 1. The van der Waals surface area contributed by atoms with Crippen LogP contribution in [0.1, 0.15) is 16.7 Å². The van der Waals surface area contributed by atoms with Crippen molar-refractivity contribution in [2.75, 3.05) is 0 Å². The van der Waals surface area contributed by atoms with Gasteiger partial charge in [-0.05, 0) is 17.2 Å². The van der Waals surface area contributed by atoms with E-state index in [0.29, 0.717) is 5.56 Å². The van der Waals surface area contributed by atoms with Gasteiger partial charge in [0.2, 0.25) is 0 Å². The van der Waals surface area contributed by atoms with Crippen LogP contribution >= 0.6 is 0 Å². The lowest BCUT2D eigenvalue weighted by Gasteiger charge is -2.07. The minimum absolute atomic E-state index is 0.218. The molecular formula is C12H12O. The second kappa shape index (κ2) is 3.76. The Morgan fingerprint density at radius 1 is 0.923 bits per heavy atom. The molecule has 0 aliphatic heterocycles. The predicted octanol–water partition coefficient (Wildman–Crippen LogP) is 3.32. The molecule has 0 aromatic heterocycles. The molecule has 0 unspecified atom stereocenters. The average molecular weight is 172 g/mol. The fourth-order valence-corrected chi connectivity index (χ4v) is 1.26. The molecule has 1 nitrogen and oxygen atoms in total. The van der Waals surface area contributed by atoms with Crippen LogP contribution in [-0.2, 0) is 0 Å². The van der Waals surface area contributed by atoms with Gasteiger partial charge in [-0.1, -0.05) is 44.0 Å². The summed E-state index contributed by atoms with van der Waals surface area (Å²) < 4.78 is 0. The predicted molar refractivity (Wildman–Crippen MR) is 58.4 cm³/mol. The summed E-state index contributed by atoms with van der Waals surface area (Å²) in [6.07, 6.45) is 5.02. The summed E-state index contributed by atoms with van der Waals surface area (Å²) in [5.74, 6) is 0.218. The molecule has 1 rings (SSSR count). The molecule has 0 saturated heterocycles. The summed E-state index contributed by atoms with van der Waals surface area (Å²) in [5, 5.41) is 9.49. The minimum Gasteiger partial charge on any atom is -0.507 e. The third kappa shape index (κ3) is 1.54. The number of phenols is 1. The van der Waals surface area contributed by atoms with Gasteiger partial charge in [-0.15, -0.1) is 0 Å². The standard InChI is InChI=1S/C12H12O/c1-4-9-7-8-12(13)11(6-3)10(9)5-2/h4-8,13H,1-3H2. The Bertz CT molecular complexity index is 362. The maximum absolute atomic E-state index is 9.49. The first-order chi connectivity index (χ1) is 6.24. The highest BCUT2D eigenvalue weighted by molar-refractivity contribution is 5.75. The smallest absolute Gasteiger partial charge is 0.123 e. The van der Waals surface area contributed by atoms with Gasteiger partial charge in [0.25, 0.3) is 0 Å². The molecule has 13 heavy (non-hydrogen) atoms. The number of rotatable bonds is 3. The Balaban J connectivity index is 3.53. The monoisotopic (exact) mass is 172 g/mol. The average Bonchev–Trinajstić information content (AvgIpc) is 2.17. The third-order valence-corrected chi connectivity index (χ3v) is 1.93. The highest BCUT2D eigenvalue weighted by atomic mass is 16.3. The lowest BCUT2D eigenvalue weighted by molar-refractivity contribution is 0.474. The SMILES string of the molecule is C=Cc1ccc(O)c(C=C)c1C=C. The van der Waals surface area contributed by atoms with Gasteiger partial charge in [-0.2, -0.15) is 0 Å². The lowest BCUT2D eigenvalue weighted by atomic mass is 10.00. The van der Waals surface area contributed by atoms with E-state index in [2.05, 4.69) is 19.7 Å². The van der Waals surface area contributed by atoms with Crippen LogP contribution in [0.4, 0.5) is 0 Å². The minimum atomic E-state index is 0.218. The van der Waals surface area contributed by atoms with E-state index in [-0.39, 0.29) is 5.75 Å². The van der Waals surface area contributed by atoms with Crippen LogP contribution in [0.2, 0.25) is 0 Å². The molecule has 1 N–H and O–H groups in total. The van der Waals surface area contributed by atoms with E-state index in [1.165, 1.54) is 0 Å². The molecule has 0 heterocycles. The zero-order valence-electron chi connectivity index (χ0n) is 7.46. The summed E-state index contributed by atoms with van der Waals surface area (Å²) in [7, 11) is 0. The molecule has 0 spiro atoms. The van der Waals surface area contributed by atoms with E-state index in [9.17, 15) is 5.11 Å². The summed E-state index contributed by atoms with van der Waals surface area (Å²) in [6, 6.07) is 3.42. The van der Waals surface area contributed by atoms with Gasteiger partial charge in [0, 0.05) is 5.56 Å². The van der Waals surface area contributed by atoms with E-state index >= 15 is 0 Å². The summed E-state index contributed by atoms with van der Waals surface area (Å²) in [5.41, 5.74) is 2.51. The van der Waals surface area contributed by atoms with Crippen LogP contribution < -0.4 is 0 Å². The molecule has 66 valence electrons. The number of aromatic hydroxyl groups is 1. The maximum atomic E-state index is 9.49. The molecule has 0 saturated carbocycles. The fourth-order valence-electron chi connectivity index (χ4n) is 1.26. The van der Waals surface area contributed by atoms with E-state index in [1.807, 2.05) is 0 Å². The second-order valence-electron chi connectivity index (χ2n) is 2.61. The molecule has 1 heteroatoms. The molecule has 0 fully saturated rings. The highest BCUT2D eigenvalue weighted by Crippen LogP contribution is 2.27. The molecule has 0 amide bonds. The first-order valence-corrected chi connectivity index (χ1v) is 3.98. The molecule has 0 bridgehead atoms. The van der Waals surface area contributed by atoms with Crippen molar-refractivity contribution in [3.05, 3.63) is 48.6 Å². The first-order valence-electron chi connectivity index (χ1n) is 3.98. The van der Waals surface area contributed by atoms with Gasteiger partial charge in [-0.25, -0.2) is 0 Å². The summed E-state index contributed by atoms with van der Waals surface area (Å²) in [6.45, 7) is 11.0. The fraction of sp³-hybridized carbons (Fsp3) is 0. The van der Waals surface area contributed by atoms with E-state index in [1.54, 1.807) is 30.4 Å². The van der Waals surface area contributed by atoms with Crippen molar-refractivity contribution in [2.45, 2.75) is 0 Å². The summed E-state index contributed by atoms with van der Waals surface area (Å²) in [4.78, 5) is 0. The quantitative estimate of drug-likeness (QED) is 0.741. The van der Waals surface area contributed by atoms with Gasteiger partial charge in [-0.3, -0.25) is 0 Å². The van der Waals surface area contributed by atoms with Gasteiger partial charge in [0.15, 0.2) is 0 Å². The largest absolute Gasteiger partial charge is 0.507 e. The first kappa shape index (κ1) is 9.33. The lowest BCUT2D eigenvalue weighted by Crippen LogP contribution is -1.86. The van der Waals surface area contributed by atoms with Crippen molar-refractivity contribution in [1.29, 1.82) is 0 Å². The second-order valence-corrected chi connectivity index (χ2v) is 2.61. The van der Waals surface area contributed by atoms with Gasteiger partial charge in [0.05, 0.1) is 0 Å². The Morgan fingerprint density at radius 3 is 2.00 bits per heavy atom. The number of phenolic OH excluding ortho intramolecular Hbond substituents is 1. The van der Waals surface area contributed by atoms with Crippen molar-refractivity contribution in [2.24, 2.45) is 0 Å². The summed E-state index contributed by atoms with van der Waals surface area (Å²) >= 11 is 0. The topological polar surface area (TPSA) is 20.2 Å². The van der Waals surface area contributed by atoms with Crippen LogP contribution in [-0.4, -0.2) is 5.11 Å². The van der Waals surface area contributed by atoms with Crippen LogP contribution in [0.5, 0.6) is 5.75 Å². The van der Waals surface area contributed by atoms with Crippen LogP contribution in [0.15, 0.2) is 31.9 Å². The Hall–Kier alpha value is -1.76. The van der Waals surface area contributed by atoms with Crippen molar-refractivity contribution in [1.82, 2.24) is 0 Å². The van der Waals surface area contributed by atoms with E-state index in [4.69, 9.17) is 0 Å². The molecule has 0 radical (unpaired) electrons. The van der Waals surface area contributed by atoms with Gasteiger partial charge in [0.1, 0.15) is 5.75 Å². The number of hydrogen-bond acceptors (Lipinski definition) is 1. The maximum Gasteiger partial charge on any atom is 0.123 e. The van der Waals surface area contributed by atoms with Crippen LogP contribution in [0.25, 0.3) is 18.2 Å². The molecular weight excluding hydrogens is 160 g/mol. The zero-order valence-corrected chi connectivity index (χ0v) is 7.46. The van der Waals surface area contributed by atoms with Crippen LogP contribution in [0.3, 0.4) is 0 Å². The van der Waals surface area contributed by atoms with Gasteiger partial charge >= 0.3 is 0 Å². The van der Waals surface area contributed by atoms with Gasteiger partial charge < -0.3 is 5.11 Å². The Labute approximate surface area is 78.3 Å². The molecule has 0 aliphatic rings. The molecule has 1 aromatic rings. The van der Waals surface area contributed by atoms with E-state index in [0.717, 1.165) is 11.1 Å². The molecule has 0 aliphatic carbocycles. The molecule has 1 aromatic carbocycles.